The van der Waals surface area contributed by atoms with E-state index in [2.05, 4.69) is 16.9 Å². The zero-order valence-corrected chi connectivity index (χ0v) is 8.62. The van der Waals surface area contributed by atoms with E-state index in [0.717, 1.165) is 42.9 Å². The van der Waals surface area contributed by atoms with Gasteiger partial charge in [-0.15, -0.1) is 0 Å². The van der Waals surface area contributed by atoms with E-state index in [9.17, 15) is 0 Å². The highest BCUT2D eigenvalue weighted by atomic mass is 16.5. The SMILES string of the molecule is C=C1OC2(CCNCC2)c2ncccc21. The predicted octanol–water partition coefficient (Wildman–Crippen LogP) is 1.66. The van der Waals surface area contributed by atoms with Gasteiger partial charge in [-0.05, 0) is 25.2 Å². The molecule has 0 aromatic carbocycles. The third kappa shape index (κ3) is 1.20. The number of piperidine rings is 1. The topological polar surface area (TPSA) is 34.1 Å². The Morgan fingerprint density at radius 1 is 1.40 bits per heavy atom. The molecule has 1 spiro atoms. The fourth-order valence-electron chi connectivity index (χ4n) is 2.50. The van der Waals surface area contributed by atoms with Crippen molar-refractivity contribution in [1.82, 2.24) is 10.3 Å². The third-order valence-electron chi connectivity index (χ3n) is 3.27. The van der Waals surface area contributed by atoms with E-state index in [1.807, 2.05) is 18.3 Å². The van der Waals surface area contributed by atoms with Gasteiger partial charge < -0.3 is 10.1 Å². The number of ether oxygens (including phenoxy) is 1. The minimum atomic E-state index is -0.196. The Labute approximate surface area is 89.2 Å². The molecule has 0 saturated carbocycles. The number of nitrogens with zero attached hydrogens (tertiary/aromatic N) is 1. The summed E-state index contributed by atoms with van der Waals surface area (Å²) >= 11 is 0. The number of aromatic nitrogens is 1. The average Bonchev–Trinajstić information content (AvgIpc) is 2.55. The van der Waals surface area contributed by atoms with Crippen LogP contribution in [0.25, 0.3) is 5.76 Å². The van der Waals surface area contributed by atoms with Gasteiger partial charge in [0, 0.05) is 24.6 Å². The van der Waals surface area contributed by atoms with Crippen LogP contribution in [0.5, 0.6) is 0 Å². The molecule has 0 aliphatic carbocycles. The zero-order chi connectivity index (χ0) is 10.3. The Balaban J connectivity index is 2.10. The van der Waals surface area contributed by atoms with Gasteiger partial charge in [0.05, 0.1) is 5.69 Å². The third-order valence-corrected chi connectivity index (χ3v) is 3.27. The summed E-state index contributed by atoms with van der Waals surface area (Å²) in [5.74, 6) is 0.778. The smallest absolute Gasteiger partial charge is 0.154 e. The first-order valence-corrected chi connectivity index (χ1v) is 5.36. The number of rotatable bonds is 0. The van der Waals surface area contributed by atoms with Gasteiger partial charge in [-0.2, -0.15) is 0 Å². The van der Waals surface area contributed by atoms with E-state index < -0.39 is 0 Å². The molecule has 0 bridgehead atoms. The van der Waals surface area contributed by atoms with Crippen LogP contribution in [0.1, 0.15) is 24.1 Å². The first-order valence-electron chi connectivity index (χ1n) is 5.36. The lowest BCUT2D eigenvalue weighted by Gasteiger charge is -2.32. The summed E-state index contributed by atoms with van der Waals surface area (Å²) in [5.41, 5.74) is 1.97. The predicted molar refractivity (Wildman–Crippen MR) is 58.1 cm³/mol. The maximum absolute atomic E-state index is 5.96. The van der Waals surface area contributed by atoms with Crippen LogP contribution in [0, 0.1) is 0 Å². The zero-order valence-electron chi connectivity index (χ0n) is 8.62. The summed E-state index contributed by atoms with van der Waals surface area (Å²) in [6.45, 7) is 5.94. The molecule has 2 aliphatic heterocycles. The maximum Gasteiger partial charge on any atom is 0.154 e. The quantitative estimate of drug-likeness (QED) is 0.694. The van der Waals surface area contributed by atoms with E-state index in [1.165, 1.54) is 0 Å². The second kappa shape index (κ2) is 3.07. The molecule has 1 aromatic rings. The highest BCUT2D eigenvalue weighted by Crippen LogP contribution is 2.45. The van der Waals surface area contributed by atoms with Crippen molar-refractivity contribution >= 4 is 5.76 Å². The largest absolute Gasteiger partial charge is 0.481 e. The number of hydrogen-bond donors (Lipinski definition) is 1. The fourth-order valence-corrected chi connectivity index (χ4v) is 2.50. The van der Waals surface area contributed by atoms with Gasteiger partial charge in [0.1, 0.15) is 5.76 Å². The normalized spacial score (nSPS) is 22.5. The highest BCUT2D eigenvalue weighted by Gasteiger charge is 2.44. The molecule has 3 rings (SSSR count). The molecule has 3 heteroatoms. The monoisotopic (exact) mass is 202 g/mol. The van der Waals surface area contributed by atoms with Crippen LogP contribution in [0.3, 0.4) is 0 Å². The van der Waals surface area contributed by atoms with Gasteiger partial charge in [-0.25, -0.2) is 0 Å². The van der Waals surface area contributed by atoms with Gasteiger partial charge in [0.2, 0.25) is 0 Å². The molecule has 1 N–H and O–H groups in total. The molecule has 15 heavy (non-hydrogen) atoms. The summed E-state index contributed by atoms with van der Waals surface area (Å²) < 4.78 is 5.96. The molecule has 0 unspecified atom stereocenters. The second-order valence-corrected chi connectivity index (χ2v) is 4.17. The van der Waals surface area contributed by atoms with Crippen LogP contribution in [-0.2, 0) is 10.3 Å². The van der Waals surface area contributed by atoms with Crippen molar-refractivity contribution in [3.05, 3.63) is 36.2 Å². The molecular formula is C12H14N2O. The van der Waals surface area contributed by atoms with E-state index in [4.69, 9.17) is 4.74 Å². The van der Waals surface area contributed by atoms with Crippen LogP contribution >= 0.6 is 0 Å². The summed E-state index contributed by atoms with van der Waals surface area (Å²) in [6, 6.07) is 3.98. The molecule has 1 saturated heterocycles. The van der Waals surface area contributed by atoms with Crippen molar-refractivity contribution in [2.75, 3.05) is 13.1 Å². The molecule has 78 valence electrons. The summed E-state index contributed by atoms with van der Waals surface area (Å²) in [5, 5.41) is 3.34. The minimum absolute atomic E-state index is 0.196. The molecule has 3 heterocycles. The molecule has 2 aliphatic rings. The lowest BCUT2D eigenvalue weighted by molar-refractivity contribution is 0.0175. The summed E-state index contributed by atoms with van der Waals surface area (Å²) in [7, 11) is 0. The van der Waals surface area contributed by atoms with Crippen molar-refractivity contribution in [2.45, 2.75) is 18.4 Å². The molecule has 0 amide bonds. The average molecular weight is 202 g/mol. The van der Waals surface area contributed by atoms with E-state index >= 15 is 0 Å². The van der Waals surface area contributed by atoms with Crippen LogP contribution in [0.2, 0.25) is 0 Å². The highest BCUT2D eigenvalue weighted by molar-refractivity contribution is 5.65. The lowest BCUT2D eigenvalue weighted by Crippen LogP contribution is -2.39. The summed E-state index contributed by atoms with van der Waals surface area (Å²) in [4.78, 5) is 4.47. The van der Waals surface area contributed by atoms with Crippen molar-refractivity contribution in [1.29, 1.82) is 0 Å². The number of pyridine rings is 1. The van der Waals surface area contributed by atoms with E-state index in [-0.39, 0.29) is 5.60 Å². The van der Waals surface area contributed by atoms with Crippen molar-refractivity contribution < 1.29 is 4.74 Å². The Hall–Kier alpha value is -1.35. The Kier molecular flexibility index (Phi) is 1.83. The molecular weight excluding hydrogens is 188 g/mol. The van der Waals surface area contributed by atoms with Gasteiger partial charge >= 0.3 is 0 Å². The Bertz CT molecular complexity index is 408. The van der Waals surface area contributed by atoms with Gasteiger partial charge in [-0.1, -0.05) is 6.58 Å². The van der Waals surface area contributed by atoms with E-state index in [0.29, 0.717) is 0 Å². The van der Waals surface area contributed by atoms with Gasteiger partial charge in [-0.3, -0.25) is 4.98 Å². The molecule has 3 nitrogen and oxygen atoms in total. The maximum atomic E-state index is 5.96. The van der Waals surface area contributed by atoms with Crippen LogP contribution in [0.15, 0.2) is 24.9 Å². The van der Waals surface area contributed by atoms with Crippen molar-refractivity contribution in [3.63, 3.8) is 0 Å². The fraction of sp³-hybridized carbons (Fsp3) is 0.417. The van der Waals surface area contributed by atoms with Gasteiger partial charge in [0.25, 0.3) is 0 Å². The summed E-state index contributed by atoms with van der Waals surface area (Å²) in [6.07, 6.45) is 3.80. The Morgan fingerprint density at radius 3 is 3.00 bits per heavy atom. The van der Waals surface area contributed by atoms with Crippen LogP contribution in [0.4, 0.5) is 0 Å². The first-order chi connectivity index (χ1) is 7.32. The standard InChI is InChI=1S/C12H14N2O/c1-9-10-3-2-6-14-11(10)12(15-9)4-7-13-8-5-12/h2-3,6,13H,1,4-5,7-8H2. The van der Waals surface area contributed by atoms with Crippen LogP contribution < -0.4 is 5.32 Å². The van der Waals surface area contributed by atoms with Crippen molar-refractivity contribution in [3.8, 4) is 0 Å². The van der Waals surface area contributed by atoms with Crippen molar-refractivity contribution in [2.24, 2.45) is 0 Å². The van der Waals surface area contributed by atoms with Crippen LogP contribution in [-0.4, -0.2) is 18.1 Å². The second-order valence-electron chi connectivity index (χ2n) is 4.17. The molecule has 1 fully saturated rings. The molecule has 0 radical (unpaired) electrons. The Morgan fingerprint density at radius 2 is 2.20 bits per heavy atom. The first kappa shape index (κ1) is 8.92. The van der Waals surface area contributed by atoms with E-state index in [1.54, 1.807) is 0 Å². The number of nitrogens with one attached hydrogen (secondary N) is 1. The molecule has 0 atom stereocenters. The lowest BCUT2D eigenvalue weighted by atomic mass is 9.88. The van der Waals surface area contributed by atoms with Gasteiger partial charge in [0.15, 0.2) is 5.60 Å². The number of fused-ring (bicyclic) bond motifs is 2. The number of hydrogen-bond acceptors (Lipinski definition) is 3. The minimum Gasteiger partial charge on any atom is -0.481 e. The molecule has 1 aromatic heterocycles.